The summed E-state index contributed by atoms with van der Waals surface area (Å²) in [4.78, 5) is 0. The van der Waals surface area contributed by atoms with Gasteiger partial charge in [0.25, 0.3) is 5.17 Å². The predicted octanol–water partition coefficient (Wildman–Crippen LogP) is 1.08. The Morgan fingerprint density at radius 3 is 2.69 bits per heavy atom. The standard InChI is InChI=1S/C9H16ClNO3S2/c1-3-6(2)14-9(15)11-8-5-16(12,13)4-7(8)10/h6-8H,3-5H2,1-2H3,(H,11,15)/t6-,7-,8-/m0/s1. The van der Waals surface area contributed by atoms with Gasteiger partial charge in [0.05, 0.1) is 29.0 Å². The first-order valence-corrected chi connectivity index (χ1v) is 7.82. The Morgan fingerprint density at radius 1 is 1.62 bits per heavy atom. The molecule has 0 aromatic heterocycles. The molecule has 0 aromatic carbocycles. The molecule has 1 fully saturated rings. The summed E-state index contributed by atoms with van der Waals surface area (Å²) in [7, 11) is -3.03. The highest BCUT2D eigenvalue weighted by molar-refractivity contribution is 7.91. The summed E-state index contributed by atoms with van der Waals surface area (Å²) in [5.41, 5.74) is 0. The first-order valence-electron chi connectivity index (χ1n) is 5.15. The first kappa shape index (κ1) is 14.0. The number of hydrogen-bond acceptors (Lipinski definition) is 4. The molecule has 16 heavy (non-hydrogen) atoms. The van der Waals surface area contributed by atoms with E-state index in [4.69, 9.17) is 28.6 Å². The minimum atomic E-state index is -3.03. The molecule has 94 valence electrons. The zero-order valence-corrected chi connectivity index (χ0v) is 11.7. The Kier molecular flexibility index (Phi) is 4.82. The van der Waals surface area contributed by atoms with Crippen molar-refractivity contribution in [3.63, 3.8) is 0 Å². The average Bonchev–Trinajstić information content (AvgIpc) is 2.39. The SMILES string of the molecule is CC[C@H](C)OC(=S)N[C@H]1CS(=O)(=O)C[C@@H]1Cl. The molecular weight excluding hydrogens is 270 g/mol. The summed E-state index contributed by atoms with van der Waals surface area (Å²) in [6.45, 7) is 3.88. The van der Waals surface area contributed by atoms with Crippen LogP contribution in [0.5, 0.6) is 0 Å². The highest BCUT2D eigenvalue weighted by Crippen LogP contribution is 2.18. The van der Waals surface area contributed by atoms with E-state index in [1.54, 1.807) is 0 Å². The maximum absolute atomic E-state index is 11.3. The van der Waals surface area contributed by atoms with Crippen molar-refractivity contribution in [2.45, 2.75) is 37.8 Å². The molecular formula is C9H16ClNO3S2. The number of alkyl halides is 1. The molecule has 0 bridgehead atoms. The lowest BCUT2D eigenvalue weighted by Crippen LogP contribution is -2.41. The number of hydrogen-bond donors (Lipinski definition) is 1. The van der Waals surface area contributed by atoms with Gasteiger partial charge < -0.3 is 10.1 Å². The van der Waals surface area contributed by atoms with E-state index in [1.165, 1.54) is 0 Å². The highest BCUT2D eigenvalue weighted by Gasteiger charge is 2.37. The Labute approximate surface area is 107 Å². The van der Waals surface area contributed by atoms with Crippen LogP contribution >= 0.6 is 23.8 Å². The van der Waals surface area contributed by atoms with Crippen LogP contribution in [0.3, 0.4) is 0 Å². The van der Waals surface area contributed by atoms with E-state index in [2.05, 4.69) is 5.32 Å². The fourth-order valence-electron chi connectivity index (χ4n) is 1.39. The number of sulfone groups is 1. The second kappa shape index (κ2) is 5.51. The van der Waals surface area contributed by atoms with Crippen LogP contribution in [0, 0.1) is 0 Å². The topological polar surface area (TPSA) is 55.4 Å². The number of ether oxygens (including phenoxy) is 1. The lowest BCUT2D eigenvalue weighted by molar-refractivity contribution is 0.198. The summed E-state index contributed by atoms with van der Waals surface area (Å²) in [6, 6.07) is -0.344. The molecule has 0 aliphatic carbocycles. The maximum atomic E-state index is 11.3. The van der Waals surface area contributed by atoms with Gasteiger partial charge in [0, 0.05) is 0 Å². The smallest absolute Gasteiger partial charge is 0.257 e. The third-order valence-electron chi connectivity index (χ3n) is 2.47. The molecule has 1 rings (SSSR count). The summed E-state index contributed by atoms with van der Waals surface area (Å²) in [5, 5.41) is 2.63. The van der Waals surface area contributed by atoms with Crippen molar-refractivity contribution in [1.29, 1.82) is 0 Å². The zero-order chi connectivity index (χ0) is 12.3. The number of nitrogens with one attached hydrogen (secondary N) is 1. The van der Waals surface area contributed by atoms with Crippen LogP contribution in [0.15, 0.2) is 0 Å². The molecule has 1 heterocycles. The van der Waals surface area contributed by atoms with E-state index >= 15 is 0 Å². The molecule has 7 heteroatoms. The largest absolute Gasteiger partial charge is 0.468 e. The van der Waals surface area contributed by atoms with Crippen LogP contribution in [-0.4, -0.2) is 42.6 Å². The minimum absolute atomic E-state index is 0.00182. The summed E-state index contributed by atoms with van der Waals surface area (Å²) < 4.78 is 28.0. The third-order valence-corrected chi connectivity index (χ3v) is 5.06. The Hall–Kier alpha value is -0.0700. The molecule has 0 radical (unpaired) electrons. The van der Waals surface area contributed by atoms with E-state index in [9.17, 15) is 8.42 Å². The second-order valence-corrected chi connectivity index (χ2v) is 7.05. The van der Waals surface area contributed by atoms with Gasteiger partial charge in [-0.05, 0) is 25.6 Å². The molecule has 0 amide bonds. The molecule has 1 saturated heterocycles. The fraction of sp³-hybridized carbons (Fsp3) is 0.889. The molecule has 1 aliphatic rings. The summed E-state index contributed by atoms with van der Waals surface area (Å²) in [6.07, 6.45) is 0.863. The second-order valence-electron chi connectivity index (χ2n) is 3.97. The van der Waals surface area contributed by atoms with Crippen LogP contribution in [0.1, 0.15) is 20.3 Å². The molecule has 0 saturated carbocycles. The molecule has 0 aromatic rings. The van der Waals surface area contributed by atoms with E-state index < -0.39 is 15.2 Å². The van der Waals surface area contributed by atoms with Gasteiger partial charge in [-0.2, -0.15) is 0 Å². The Bertz CT molecular complexity index is 358. The molecule has 4 nitrogen and oxygen atoms in total. The fourth-order valence-corrected chi connectivity index (χ4v) is 4.25. The van der Waals surface area contributed by atoms with E-state index in [0.717, 1.165) is 6.42 Å². The quantitative estimate of drug-likeness (QED) is 0.621. The van der Waals surface area contributed by atoms with Gasteiger partial charge in [-0.25, -0.2) is 8.42 Å². The molecule has 0 unspecified atom stereocenters. The van der Waals surface area contributed by atoms with Crippen molar-refractivity contribution in [2.24, 2.45) is 0 Å². The minimum Gasteiger partial charge on any atom is -0.468 e. The van der Waals surface area contributed by atoms with Gasteiger partial charge in [-0.15, -0.1) is 11.6 Å². The van der Waals surface area contributed by atoms with Gasteiger partial charge in [-0.3, -0.25) is 0 Å². The van der Waals surface area contributed by atoms with Crippen LogP contribution < -0.4 is 5.32 Å². The highest BCUT2D eigenvalue weighted by atomic mass is 35.5. The van der Waals surface area contributed by atoms with Crippen LogP contribution in [-0.2, 0) is 14.6 Å². The predicted molar refractivity (Wildman–Crippen MR) is 68.7 cm³/mol. The van der Waals surface area contributed by atoms with E-state index in [1.807, 2.05) is 13.8 Å². The lowest BCUT2D eigenvalue weighted by Gasteiger charge is -2.19. The zero-order valence-electron chi connectivity index (χ0n) is 9.27. The number of rotatable bonds is 3. The normalized spacial score (nSPS) is 29.7. The van der Waals surface area contributed by atoms with E-state index in [0.29, 0.717) is 0 Å². The summed E-state index contributed by atoms with van der Waals surface area (Å²) >= 11 is 10.9. The van der Waals surface area contributed by atoms with Crippen molar-refractivity contribution in [3.8, 4) is 0 Å². The van der Waals surface area contributed by atoms with Crippen molar-refractivity contribution in [2.75, 3.05) is 11.5 Å². The van der Waals surface area contributed by atoms with Crippen molar-refractivity contribution >= 4 is 38.8 Å². The van der Waals surface area contributed by atoms with Gasteiger partial charge in [0.2, 0.25) is 0 Å². The third kappa shape index (κ3) is 4.07. The lowest BCUT2D eigenvalue weighted by atomic mass is 10.2. The maximum Gasteiger partial charge on any atom is 0.257 e. The molecule has 1 aliphatic heterocycles. The van der Waals surface area contributed by atoms with Crippen molar-refractivity contribution in [1.82, 2.24) is 5.32 Å². The Morgan fingerprint density at radius 2 is 2.25 bits per heavy atom. The number of thiocarbonyl (C=S) groups is 1. The van der Waals surface area contributed by atoms with Crippen LogP contribution in [0.2, 0.25) is 0 Å². The average molecular weight is 286 g/mol. The van der Waals surface area contributed by atoms with Gasteiger partial charge in [0.15, 0.2) is 9.84 Å². The van der Waals surface area contributed by atoms with Crippen molar-refractivity contribution < 1.29 is 13.2 Å². The van der Waals surface area contributed by atoms with E-state index in [-0.39, 0.29) is 28.8 Å². The monoisotopic (exact) mass is 285 g/mol. The summed E-state index contributed by atoms with van der Waals surface area (Å²) in [5.74, 6) is 0.0172. The van der Waals surface area contributed by atoms with Crippen molar-refractivity contribution in [3.05, 3.63) is 0 Å². The van der Waals surface area contributed by atoms with Gasteiger partial charge >= 0.3 is 0 Å². The van der Waals surface area contributed by atoms with Crippen LogP contribution in [0.25, 0.3) is 0 Å². The molecule has 1 N–H and O–H groups in total. The van der Waals surface area contributed by atoms with Crippen LogP contribution in [0.4, 0.5) is 0 Å². The van der Waals surface area contributed by atoms with Gasteiger partial charge in [-0.1, -0.05) is 6.92 Å². The Balaban J connectivity index is 2.46. The number of halogens is 1. The molecule has 0 spiro atoms. The molecule has 3 atom stereocenters. The van der Waals surface area contributed by atoms with Gasteiger partial charge in [0.1, 0.15) is 0 Å². The first-order chi connectivity index (χ1) is 7.34.